The van der Waals surface area contributed by atoms with E-state index in [4.69, 9.17) is 15.1 Å². The molecule has 0 N–H and O–H groups in total. The van der Waals surface area contributed by atoms with Gasteiger partial charge >= 0.3 is 0 Å². The lowest BCUT2D eigenvalue weighted by Crippen LogP contribution is -2.03. The molecule has 1 aliphatic rings. The molecule has 0 aliphatic heterocycles. The number of aromatic nitrogens is 2. The molecule has 0 atom stereocenters. The Hall–Kier alpha value is -3.13. The van der Waals surface area contributed by atoms with Crippen molar-refractivity contribution in [1.82, 2.24) is 9.78 Å². The van der Waals surface area contributed by atoms with E-state index in [0.717, 1.165) is 30.6 Å². The van der Waals surface area contributed by atoms with Gasteiger partial charge in [-0.3, -0.25) is 0 Å². The summed E-state index contributed by atoms with van der Waals surface area (Å²) in [6, 6.07) is 15.6. The minimum absolute atomic E-state index is 0.256. The van der Waals surface area contributed by atoms with Crippen molar-refractivity contribution < 1.29 is 9.13 Å². The van der Waals surface area contributed by atoms with Crippen molar-refractivity contribution in [3.8, 4) is 17.5 Å². The zero-order valence-electron chi connectivity index (χ0n) is 13.6. The van der Waals surface area contributed by atoms with Crippen molar-refractivity contribution in [2.45, 2.75) is 25.9 Å². The zero-order valence-corrected chi connectivity index (χ0v) is 13.6. The second kappa shape index (κ2) is 6.40. The number of nitriles is 1. The summed E-state index contributed by atoms with van der Waals surface area (Å²) >= 11 is 0. The molecule has 25 heavy (non-hydrogen) atoms. The van der Waals surface area contributed by atoms with Gasteiger partial charge in [-0.2, -0.15) is 10.4 Å². The van der Waals surface area contributed by atoms with Crippen LogP contribution in [0, 0.1) is 17.1 Å². The first-order valence-electron chi connectivity index (χ1n) is 8.23. The van der Waals surface area contributed by atoms with E-state index in [1.165, 1.54) is 23.4 Å². The van der Waals surface area contributed by atoms with Crippen LogP contribution >= 0.6 is 0 Å². The first-order valence-corrected chi connectivity index (χ1v) is 8.23. The van der Waals surface area contributed by atoms with Gasteiger partial charge < -0.3 is 4.74 Å². The molecular formula is C20H16FN3O. The third-order valence-corrected chi connectivity index (χ3v) is 4.42. The molecule has 0 fully saturated rings. The Morgan fingerprint density at radius 3 is 2.80 bits per heavy atom. The van der Waals surface area contributed by atoms with Crippen LogP contribution in [0.3, 0.4) is 0 Å². The summed E-state index contributed by atoms with van der Waals surface area (Å²) in [5.74, 6) is 0.399. The summed E-state index contributed by atoms with van der Waals surface area (Å²) in [4.78, 5) is 0. The van der Waals surface area contributed by atoms with Gasteiger partial charge in [0.2, 0.25) is 0 Å². The van der Waals surface area contributed by atoms with Gasteiger partial charge in [-0.25, -0.2) is 9.07 Å². The quantitative estimate of drug-likeness (QED) is 0.726. The number of ether oxygens (including phenoxy) is 1. The molecule has 0 saturated heterocycles. The number of rotatable bonds is 4. The molecule has 4 nitrogen and oxygen atoms in total. The first-order chi connectivity index (χ1) is 12.2. The highest BCUT2D eigenvalue weighted by molar-refractivity contribution is 5.40. The van der Waals surface area contributed by atoms with Crippen molar-refractivity contribution in [2.75, 3.05) is 0 Å². The number of halogens is 1. The Labute approximate surface area is 145 Å². The second-order valence-corrected chi connectivity index (χ2v) is 6.04. The minimum atomic E-state index is -0.256. The molecule has 0 bridgehead atoms. The van der Waals surface area contributed by atoms with E-state index in [1.54, 1.807) is 30.3 Å². The first kappa shape index (κ1) is 15.4. The van der Waals surface area contributed by atoms with Gasteiger partial charge in [0.15, 0.2) is 0 Å². The van der Waals surface area contributed by atoms with Crippen LogP contribution in [0.2, 0.25) is 0 Å². The third kappa shape index (κ3) is 2.99. The Morgan fingerprint density at radius 1 is 1.16 bits per heavy atom. The van der Waals surface area contributed by atoms with Crippen molar-refractivity contribution >= 4 is 0 Å². The van der Waals surface area contributed by atoms with E-state index < -0.39 is 0 Å². The van der Waals surface area contributed by atoms with E-state index >= 15 is 0 Å². The Bertz CT molecular complexity index is 954. The smallest absolute Gasteiger partial charge is 0.132 e. The molecule has 2 aromatic carbocycles. The van der Waals surface area contributed by atoms with Gasteiger partial charge in [-0.05, 0) is 61.7 Å². The van der Waals surface area contributed by atoms with Crippen LogP contribution in [0.25, 0.3) is 5.69 Å². The molecule has 1 heterocycles. The molecule has 0 amide bonds. The maximum absolute atomic E-state index is 13.2. The monoisotopic (exact) mass is 333 g/mol. The van der Waals surface area contributed by atoms with Crippen molar-refractivity contribution in [3.63, 3.8) is 0 Å². The Kier molecular flexibility index (Phi) is 3.95. The molecule has 0 spiro atoms. The van der Waals surface area contributed by atoms with Crippen molar-refractivity contribution in [2.24, 2.45) is 0 Å². The predicted octanol–water partition coefficient (Wildman–Crippen LogP) is 3.95. The molecule has 124 valence electrons. The van der Waals surface area contributed by atoms with Crippen LogP contribution < -0.4 is 4.74 Å². The van der Waals surface area contributed by atoms with Crippen LogP contribution in [-0.4, -0.2) is 9.78 Å². The topological polar surface area (TPSA) is 50.8 Å². The van der Waals surface area contributed by atoms with E-state index in [0.29, 0.717) is 17.9 Å². The van der Waals surface area contributed by atoms with Crippen molar-refractivity contribution in [1.29, 1.82) is 5.26 Å². The summed E-state index contributed by atoms with van der Waals surface area (Å²) < 4.78 is 20.9. The maximum Gasteiger partial charge on any atom is 0.132 e. The van der Waals surface area contributed by atoms with Gasteiger partial charge in [-0.1, -0.05) is 6.07 Å². The fraction of sp³-hybridized carbons (Fsp3) is 0.200. The summed E-state index contributed by atoms with van der Waals surface area (Å²) in [5, 5.41) is 13.7. The molecule has 1 aromatic heterocycles. The van der Waals surface area contributed by atoms with Crippen LogP contribution in [-0.2, 0) is 19.4 Å². The number of hydrogen-bond acceptors (Lipinski definition) is 3. The Balaban J connectivity index is 1.61. The predicted molar refractivity (Wildman–Crippen MR) is 91.0 cm³/mol. The molecule has 3 aromatic rings. The zero-order chi connectivity index (χ0) is 17.2. The summed E-state index contributed by atoms with van der Waals surface area (Å²) in [7, 11) is 0. The lowest BCUT2D eigenvalue weighted by atomic mass is 10.2. The van der Waals surface area contributed by atoms with E-state index in [1.807, 2.05) is 10.7 Å². The van der Waals surface area contributed by atoms with Gasteiger partial charge in [-0.15, -0.1) is 0 Å². The molecule has 0 unspecified atom stereocenters. The fourth-order valence-electron chi connectivity index (χ4n) is 3.23. The molecule has 1 aliphatic carbocycles. The molecule has 5 heteroatoms. The number of nitrogens with zero attached hydrogens (tertiary/aromatic N) is 3. The third-order valence-electron chi connectivity index (χ3n) is 4.42. The second-order valence-electron chi connectivity index (χ2n) is 6.04. The number of fused-ring (bicyclic) bond motifs is 1. The standard InChI is InChI=1S/C20H16FN3O/c21-15-7-9-16(10-8-15)24-20-6-2-5-18(20)19(23-24)13-25-17-4-1-3-14(11-17)12-22/h1,3-4,7-11H,2,5-6,13H2. The molecule has 4 rings (SSSR count). The average molecular weight is 333 g/mol. The van der Waals surface area contributed by atoms with Crippen LogP contribution in [0.5, 0.6) is 5.75 Å². The summed E-state index contributed by atoms with van der Waals surface area (Å²) in [6.07, 6.45) is 3.03. The minimum Gasteiger partial charge on any atom is -0.487 e. The van der Waals surface area contributed by atoms with E-state index in [-0.39, 0.29) is 5.82 Å². The van der Waals surface area contributed by atoms with Crippen LogP contribution in [0.4, 0.5) is 4.39 Å². The normalized spacial score (nSPS) is 12.6. The van der Waals surface area contributed by atoms with E-state index in [2.05, 4.69) is 6.07 Å². The highest BCUT2D eigenvalue weighted by atomic mass is 19.1. The molecular weight excluding hydrogens is 317 g/mol. The van der Waals surface area contributed by atoms with Gasteiger partial charge in [0.25, 0.3) is 0 Å². The molecule has 0 radical (unpaired) electrons. The van der Waals surface area contributed by atoms with Crippen molar-refractivity contribution in [3.05, 3.63) is 76.9 Å². The maximum atomic E-state index is 13.2. The van der Waals surface area contributed by atoms with Crippen LogP contribution in [0.1, 0.15) is 28.9 Å². The lowest BCUT2D eigenvalue weighted by Gasteiger charge is -2.06. The average Bonchev–Trinajstić information content (AvgIpc) is 3.24. The Morgan fingerprint density at radius 2 is 2.00 bits per heavy atom. The van der Waals surface area contributed by atoms with E-state index in [9.17, 15) is 4.39 Å². The largest absolute Gasteiger partial charge is 0.487 e. The van der Waals surface area contributed by atoms with Gasteiger partial charge in [0.05, 0.1) is 17.3 Å². The van der Waals surface area contributed by atoms with Crippen LogP contribution in [0.15, 0.2) is 48.5 Å². The highest BCUT2D eigenvalue weighted by Crippen LogP contribution is 2.28. The highest BCUT2D eigenvalue weighted by Gasteiger charge is 2.23. The van der Waals surface area contributed by atoms with Gasteiger partial charge in [0.1, 0.15) is 23.9 Å². The number of benzene rings is 2. The molecule has 0 saturated carbocycles. The fourth-order valence-corrected chi connectivity index (χ4v) is 3.23. The summed E-state index contributed by atoms with van der Waals surface area (Å²) in [6.45, 7) is 0.353. The SMILES string of the molecule is N#Cc1cccc(OCc2nn(-c3ccc(F)cc3)c3c2CCC3)c1. The lowest BCUT2D eigenvalue weighted by molar-refractivity contribution is 0.299. The summed E-state index contributed by atoms with van der Waals surface area (Å²) in [5.41, 5.74) is 4.73. The number of hydrogen-bond donors (Lipinski definition) is 0. The van der Waals surface area contributed by atoms with Gasteiger partial charge in [0, 0.05) is 11.3 Å².